The van der Waals surface area contributed by atoms with Gasteiger partial charge in [0.25, 0.3) is 0 Å². The molecule has 0 aliphatic heterocycles. The van der Waals surface area contributed by atoms with E-state index in [0.29, 0.717) is 0 Å². The van der Waals surface area contributed by atoms with E-state index >= 15 is 0 Å². The van der Waals surface area contributed by atoms with Crippen LogP contribution in [0.15, 0.2) is 17.5 Å². The molecule has 0 aliphatic carbocycles. The lowest BCUT2D eigenvalue weighted by Crippen LogP contribution is -2.47. The summed E-state index contributed by atoms with van der Waals surface area (Å²) in [6.45, 7) is 7.28. The van der Waals surface area contributed by atoms with Crippen LogP contribution in [0.2, 0.25) is 0 Å². The predicted molar refractivity (Wildman–Crippen MR) is 80.8 cm³/mol. The predicted octanol–water partition coefficient (Wildman–Crippen LogP) is 2.88. The molecular weight excluding hydrogens is 274 g/mol. The highest BCUT2D eigenvalue weighted by molar-refractivity contribution is 7.09. The number of likely N-dealkylation sites (N-methyl/N-ethyl adjacent to an activating group) is 1. The molecule has 0 aliphatic rings. The Hall–Kier alpha value is -1.36. The van der Waals surface area contributed by atoms with E-state index in [1.54, 1.807) is 44.1 Å². The average molecular weight is 297 g/mol. The Morgan fingerprint density at radius 1 is 1.40 bits per heavy atom. The Bertz CT molecular complexity index is 462. The van der Waals surface area contributed by atoms with E-state index in [1.807, 2.05) is 24.4 Å². The number of rotatable bonds is 5. The summed E-state index contributed by atoms with van der Waals surface area (Å²) in [6.07, 6.45) is 0.746. The minimum Gasteiger partial charge on any atom is -0.481 e. The van der Waals surface area contributed by atoms with Gasteiger partial charge in [0, 0.05) is 24.4 Å². The maximum absolute atomic E-state index is 12.4. The first-order valence-corrected chi connectivity index (χ1v) is 7.54. The van der Waals surface area contributed by atoms with Crippen LogP contribution in [0.3, 0.4) is 0 Å². The molecule has 0 fully saturated rings. The topological polar surface area (TPSA) is 57.6 Å². The number of carbonyl (C=O) groups is 2. The molecule has 1 aromatic rings. The number of amides is 1. The summed E-state index contributed by atoms with van der Waals surface area (Å²) in [4.78, 5) is 26.6. The van der Waals surface area contributed by atoms with Gasteiger partial charge in [0.15, 0.2) is 0 Å². The van der Waals surface area contributed by atoms with Gasteiger partial charge in [-0.25, -0.2) is 0 Å². The maximum atomic E-state index is 12.4. The van der Waals surface area contributed by atoms with E-state index in [0.717, 1.165) is 6.42 Å². The lowest BCUT2D eigenvalue weighted by atomic mass is 9.79. The molecule has 1 heterocycles. The van der Waals surface area contributed by atoms with E-state index in [4.69, 9.17) is 0 Å². The second-order valence-corrected chi connectivity index (χ2v) is 7.25. The van der Waals surface area contributed by atoms with Crippen LogP contribution in [0.4, 0.5) is 0 Å². The molecule has 0 radical (unpaired) electrons. The van der Waals surface area contributed by atoms with Crippen molar-refractivity contribution < 1.29 is 14.7 Å². The fourth-order valence-corrected chi connectivity index (χ4v) is 2.95. The standard InChI is InChI=1S/C15H23NO3S/c1-10(9-11-7-6-8-20-11)16(5)13(17)12(14(18)19)15(2,3)4/h6-8,10,12H,9H2,1-5H3,(H,18,19). The van der Waals surface area contributed by atoms with Crippen LogP contribution >= 0.6 is 11.3 Å². The molecule has 2 atom stereocenters. The molecule has 0 bridgehead atoms. The fraction of sp³-hybridized carbons (Fsp3) is 0.600. The zero-order chi connectivity index (χ0) is 15.5. The number of aliphatic carboxylic acids is 1. The molecular formula is C15H23NO3S. The summed E-state index contributed by atoms with van der Waals surface area (Å²) in [7, 11) is 1.68. The van der Waals surface area contributed by atoms with Crippen LogP contribution in [0, 0.1) is 11.3 Å². The van der Waals surface area contributed by atoms with Gasteiger partial charge in [-0.05, 0) is 23.8 Å². The normalized spacial score (nSPS) is 14.7. The molecule has 1 aromatic heterocycles. The molecule has 1 rings (SSSR count). The van der Waals surface area contributed by atoms with Crippen molar-refractivity contribution in [2.75, 3.05) is 7.05 Å². The Balaban J connectivity index is 2.81. The number of thiophene rings is 1. The summed E-state index contributed by atoms with van der Waals surface area (Å²) >= 11 is 1.65. The summed E-state index contributed by atoms with van der Waals surface area (Å²) in [5.41, 5.74) is -0.597. The third kappa shape index (κ3) is 4.07. The minimum atomic E-state index is -1.06. The van der Waals surface area contributed by atoms with Gasteiger partial charge in [-0.2, -0.15) is 0 Å². The van der Waals surface area contributed by atoms with Crippen LogP contribution in [0.25, 0.3) is 0 Å². The molecule has 5 heteroatoms. The summed E-state index contributed by atoms with van der Waals surface area (Å²) < 4.78 is 0. The molecule has 112 valence electrons. The van der Waals surface area contributed by atoms with Crippen molar-refractivity contribution in [1.29, 1.82) is 0 Å². The van der Waals surface area contributed by atoms with Crippen molar-refractivity contribution in [1.82, 2.24) is 4.90 Å². The summed E-state index contributed by atoms with van der Waals surface area (Å²) in [5, 5.41) is 11.3. The lowest BCUT2D eigenvalue weighted by Gasteiger charge is -2.33. The van der Waals surface area contributed by atoms with Crippen molar-refractivity contribution >= 4 is 23.2 Å². The smallest absolute Gasteiger partial charge is 0.316 e. The fourth-order valence-electron chi connectivity index (χ4n) is 2.12. The van der Waals surface area contributed by atoms with Gasteiger partial charge in [0.05, 0.1) is 0 Å². The van der Waals surface area contributed by atoms with Crippen LogP contribution in [0.5, 0.6) is 0 Å². The Kier molecular flexibility index (Phi) is 5.34. The SMILES string of the molecule is CC(Cc1cccs1)N(C)C(=O)C(C(=O)O)C(C)(C)C. The quantitative estimate of drug-likeness (QED) is 0.850. The van der Waals surface area contributed by atoms with Crippen molar-refractivity contribution in [3.8, 4) is 0 Å². The van der Waals surface area contributed by atoms with E-state index in [-0.39, 0.29) is 11.9 Å². The molecule has 0 aromatic carbocycles. The van der Waals surface area contributed by atoms with Crippen molar-refractivity contribution in [3.63, 3.8) is 0 Å². The largest absolute Gasteiger partial charge is 0.481 e. The summed E-state index contributed by atoms with van der Waals surface area (Å²) in [5.74, 6) is -2.40. The number of carbonyl (C=O) groups excluding carboxylic acids is 1. The molecule has 0 saturated carbocycles. The zero-order valence-corrected chi connectivity index (χ0v) is 13.5. The van der Waals surface area contributed by atoms with Crippen molar-refractivity contribution in [2.24, 2.45) is 11.3 Å². The van der Waals surface area contributed by atoms with Crippen molar-refractivity contribution in [3.05, 3.63) is 22.4 Å². The van der Waals surface area contributed by atoms with E-state index in [2.05, 4.69) is 0 Å². The number of carboxylic acid groups (broad SMARTS) is 1. The van der Waals surface area contributed by atoms with Gasteiger partial charge in [-0.15, -0.1) is 11.3 Å². The average Bonchev–Trinajstić information content (AvgIpc) is 2.77. The van der Waals surface area contributed by atoms with Crippen LogP contribution in [-0.2, 0) is 16.0 Å². The second kappa shape index (κ2) is 6.39. The Labute approximate surface area is 124 Å². The molecule has 4 nitrogen and oxygen atoms in total. The first-order chi connectivity index (χ1) is 9.14. The third-order valence-corrected chi connectivity index (χ3v) is 4.34. The first kappa shape index (κ1) is 16.7. The van der Waals surface area contributed by atoms with E-state index < -0.39 is 17.3 Å². The first-order valence-electron chi connectivity index (χ1n) is 6.66. The van der Waals surface area contributed by atoms with Gasteiger partial charge in [-0.3, -0.25) is 9.59 Å². The monoisotopic (exact) mass is 297 g/mol. The van der Waals surface area contributed by atoms with Crippen molar-refractivity contribution in [2.45, 2.75) is 40.2 Å². The minimum absolute atomic E-state index is 0.0228. The second-order valence-electron chi connectivity index (χ2n) is 6.22. The molecule has 0 saturated heterocycles. The zero-order valence-electron chi connectivity index (χ0n) is 12.7. The number of hydrogen-bond donors (Lipinski definition) is 1. The molecule has 0 spiro atoms. The number of carboxylic acids is 1. The highest BCUT2D eigenvalue weighted by Gasteiger charge is 2.40. The van der Waals surface area contributed by atoms with E-state index in [9.17, 15) is 14.7 Å². The third-order valence-electron chi connectivity index (χ3n) is 3.45. The highest BCUT2D eigenvalue weighted by atomic mass is 32.1. The van der Waals surface area contributed by atoms with Crippen LogP contribution in [-0.4, -0.2) is 35.0 Å². The molecule has 2 unspecified atom stereocenters. The molecule has 1 N–H and O–H groups in total. The number of hydrogen-bond acceptors (Lipinski definition) is 3. The summed E-state index contributed by atoms with van der Waals surface area (Å²) in [6, 6.07) is 3.98. The lowest BCUT2D eigenvalue weighted by molar-refractivity contribution is -0.156. The van der Waals surface area contributed by atoms with Gasteiger partial charge in [0.1, 0.15) is 5.92 Å². The van der Waals surface area contributed by atoms with Gasteiger partial charge < -0.3 is 10.0 Å². The highest BCUT2D eigenvalue weighted by Crippen LogP contribution is 2.28. The Morgan fingerprint density at radius 2 is 2.00 bits per heavy atom. The molecule has 1 amide bonds. The number of nitrogens with zero attached hydrogens (tertiary/aromatic N) is 1. The van der Waals surface area contributed by atoms with E-state index in [1.165, 1.54) is 4.88 Å². The molecule has 20 heavy (non-hydrogen) atoms. The Morgan fingerprint density at radius 3 is 2.40 bits per heavy atom. The van der Waals surface area contributed by atoms with Gasteiger partial charge >= 0.3 is 5.97 Å². The van der Waals surface area contributed by atoms with Crippen LogP contribution < -0.4 is 0 Å². The van der Waals surface area contributed by atoms with Gasteiger partial charge in [-0.1, -0.05) is 26.8 Å². The maximum Gasteiger partial charge on any atom is 0.316 e. The van der Waals surface area contributed by atoms with Crippen LogP contribution in [0.1, 0.15) is 32.6 Å². The van der Waals surface area contributed by atoms with Gasteiger partial charge in [0.2, 0.25) is 5.91 Å².